The summed E-state index contributed by atoms with van der Waals surface area (Å²) in [6, 6.07) is 11.7. The highest BCUT2D eigenvalue weighted by Crippen LogP contribution is 2.13. The summed E-state index contributed by atoms with van der Waals surface area (Å²) in [7, 11) is 0. The Morgan fingerprint density at radius 3 is 2.77 bits per heavy atom. The number of likely N-dealkylation sites (tertiary alicyclic amines) is 1. The Balaban J connectivity index is 1.87. The van der Waals surface area contributed by atoms with Crippen LogP contribution in [0.3, 0.4) is 0 Å². The molecule has 1 amide bonds. The highest BCUT2D eigenvalue weighted by atomic mass is 32.1. The average molecular weight is 437 g/mol. The first kappa shape index (κ1) is 22.3. The van der Waals surface area contributed by atoms with Gasteiger partial charge in [-0.05, 0) is 50.6 Å². The minimum Gasteiger partial charge on any atom is -0.360 e. The first-order valence-corrected chi connectivity index (χ1v) is 11.0. The van der Waals surface area contributed by atoms with Crippen LogP contribution in [0.25, 0.3) is 11.8 Å². The number of amides is 1. The van der Waals surface area contributed by atoms with E-state index >= 15 is 0 Å². The van der Waals surface area contributed by atoms with Gasteiger partial charge in [0.05, 0.1) is 6.07 Å². The molecule has 0 saturated carbocycles. The lowest BCUT2D eigenvalue weighted by molar-refractivity contribution is -0.115. The Kier molecular flexibility index (Phi) is 7.60. The smallest absolute Gasteiger partial charge is 0.270 e. The van der Waals surface area contributed by atoms with Crippen LogP contribution in [0.4, 0.5) is 5.69 Å². The summed E-state index contributed by atoms with van der Waals surface area (Å²) >= 11 is 1.08. The van der Waals surface area contributed by atoms with Crippen LogP contribution < -0.4 is 25.4 Å². The second-order valence-corrected chi connectivity index (χ2v) is 8.11. The molecule has 160 valence electrons. The van der Waals surface area contributed by atoms with Gasteiger partial charge in [0.1, 0.15) is 21.8 Å². The number of nitriles is 2. The number of aromatic nitrogens is 1. The highest BCUT2D eigenvalue weighted by Gasteiger charge is 2.15. The van der Waals surface area contributed by atoms with Crippen LogP contribution in [0.1, 0.15) is 18.9 Å². The monoisotopic (exact) mass is 436 g/mol. The number of rotatable bonds is 8. The molecular weight excluding hydrogens is 412 g/mol. The minimum atomic E-state index is -0.665. The quantitative estimate of drug-likeness (QED) is 0.577. The summed E-state index contributed by atoms with van der Waals surface area (Å²) in [4.78, 5) is 27.4. The molecule has 0 unspecified atom stereocenters. The van der Waals surface area contributed by atoms with Crippen molar-refractivity contribution in [3.8, 4) is 12.1 Å². The lowest BCUT2D eigenvalue weighted by Gasteiger charge is -2.30. The molecule has 0 bridgehead atoms. The highest BCUT2D eigenvalue weighted by molar-refractivity contribution is 7.07. The van der Waals surface area contributed by atoms with Crippen molar-refractivity contribution in [2.24, 2.45) is 0 Å². The Morgan fingerprint density at radius 1 is 1.32 bits per heavy atom. The SMILES string of the molecule is CCn1c(=O)/c(=C\Nc2cccc(CCN3CCC3)c2)s/c1=C(/C#N)C(=O)NCC#N. The van der Waals surface area contributed by atoms with Gasteiger partial charge < -0.3 is 15.5 Å². The van der Waals surface area contributed by atoms with E-state index in [2.05, 4.69) is 27.7 Å². The van der Waals surface area contributed by atoms with E-state index in [0.717, 1.165) is 30.0 Å². The normalized spacial score (nSPS) is 14.9. The molecule has 8 nitrogen and oxygen atoms in total. The molecule has 0 radical (unpaired) electrons. The molecule has 1 fully saturated rings. The maximum Gasteiger partial charge on any atom is 0.270 e. The van der Waals surface area contributed by atoms with Crippen molar-refractivity contribution in [1.82, 2.24) is 14.8 Å². The molecule has 2 heterocycles. The van der Waals surface area contributed by atoms with Crippen LogP contribution in [-0.2, 0) is 17.8 Å². The number of nitrogens with zero attached hydrogens (tertiary/aromatic N) is 4. The molecule has 9 heteroatoms. The minimum absolute atomic E-state index is 0.174. The van der Waals surface area contributed by atoms with Crippen LogP contribution in [0.15, 0.2) is 29.1 Å². The van der Waals surface area contributed by atoms with Crippen LogP contribution in [0.2, 0.25) is 0 Å². The number of anilines is 1. The lowest BCUT2D eigenvalue weighted by Crippen LogP contribution is -2.38. The lowest BCUT2D eigenvalue weighted by atomic mass is 10.1. The Bertz CT molecular complexity index is 1210. The maximum absolute atomic E-state index is 12.8. The number of hydrogen-bond acceptors (Lipinski definition) is 7. The van der Waals surface area contributed by atoms with Gasteiger partial charge in [0.15, 0.2) is 5.57 Å². The van der Waals surface area contributed by atoms with Crippen LogP contribution in [0, 0.1) is 22.7 Å². The third-order valence-electron chi connectivity index (χ3n) is 5.07. The maximum atomic E-state index is 12.8. The van der Waals surface area contributed by atoms with Crippen molar-refractivity contribution in [3.05, 3.63) is 49.4 Å². The Hall–Kier alpha value is -3.40. The van der Waals surface area contributed by atoms with E-state index in [9.17, 15) is 14.9 Å². The van der Waals surface area contributed by atoms with Crippen molar-refractivity contribution in [2.75, 3.05) is 31.5 Å². The number of hydrogen-bond donors (Lipinski definition) is 2. The zero-order valence-corrected chi connectivity index (χ0v) is 18.2. The van der Waals surface area contributed by atoms with Crippen LogP contribution in [-0.4, -0.2) is 41.6 Å². The zero-order chi connectivity index (χ0) is 22.2. The molecule has 1 aliphatic heterocycles. The van der Waals surface area contributed by atoms with Gasteiger partial charge in [-0.3, -0.25) is 14.2 Å². The second-order valence-electron chi connectivity index (χ2n) is 7.08. The number of carbonyl (C=O) groups excluding carboxylic acids is 1. The summed E-state index contributed by atoms with van der Waals surface area (Å²) in [6.07, 6.45) is 3.86. The molecule has 1 aliphatic rings. The first-order chi connectivity index (χ1) is 15.1. The fraction of sp³-hybridized carbons (Fsp3) is 0.364. The molecule has 1 aromatic carbocycles. The fourth-order valence-electron chi connectivity index (χ4n) is 3.25. The molecule has 0 aliphatic carbocycles. The standard InChI is InChI=1S/C22H24N6O2S/c1-2-28-21(30)19(31-22(28)18(14-24)20(29)25-9-8-23)15-26-17-6-3-5-16(13-17)7-12-27-10-4-11-27/h3,5-6,13,15,26H,2,4,7,9-12H2,1H3,(H,25,29)/b19-15+,22-18-. The third-order valence-corrected chi connectivity index (χ3v) is 6.20. The topological polar surface area (TPSA) is 114 Å². The van der Waals surface area contributed by atoms with Gasteiger partial charge in [-0.1, -0.05) is 12.1 Å². The number of nitrogens with one attached hydrogen (secondary N) is 2. The predicted molar refractivity (Wildman–Crippen MR) is 120 cm³/mol. The summed E-state index contributed by atoms with van der Waals surface area (Å²) < 4.78 is 2.07. The van der Waals surface area contributed by atoms with Crippen molar-refractivity contribution < 1.29 is 4.79 Å². The average Bonchev–Trinajstić information content (AvgIpc) is 3.05. The summed E-state index contributed by atoms with van der Waals surface area (Å²) in [5.74, 6) is -0.665. The molecule has 2 aromatic rings. The van der Waals surface area contributed by atoms with E-state index in [0.29, 0.717) is 11.1 Å². The van der Waals surface area contributed by atoms with E-state index < -0.39 is 5.91 Å². The van der Waals surface area contributed by atoms with Gasteiger partial charge in [-0.25, -0.2) is 0 Å². The van der Waals surface area contributed by atoms with E-state index in [1.807, 2.05) is 18.2 Å². The van der Waals surface area contributed by atoms with Crippen LogP contribution in [0.5, 0.6) is 0 Å². The third kappa shape index (κ3) is 5.40. The van der Waals surface area contributed by atoms with E-state index in [1.165, 1.54) is 29.6 Å². The largest absolute Gasteiger partial charge is 0.360 e. The second kappa shape index (κ2) is 10.6. The number of benzene rings is 1. The molecule has 1 saturated heterocycles. The summed E-state index contributed by atoms with van der Waals surface area (Å²) in [6.45, 7) is 5.28. The van der Waals surface area contributed by atoms with E-state index in [4.69, 9.17) is 5.26 Å². The van der Waals surface area contributed by atoms with Gasteiger partial charge in [0.2, 0.25) is 0 Å². The van der Waals surface area contributed by atoms with Gasteiger partial charge in [0.25, 0.3) is 11.5 Å². The van der Waals surface area contributed by atoms with Gasteiger partial charge in [-0.2, -0.15) is 10.5 Å². The summed E-state index contributed by atoms with van der Waals surface area (Å²) in [5.41, 5.74) is 1.64. The number of carbonyl (C=O) groups is 1. The fourth-order valence-corrected chi connectivity index (χ4v) is 4.34. The number of thiazole rings is 1. The van der Waals surface area contributed by atoms with Crippen molar-refractivity contribution in [1.29, 1.82) is 10.5 Å². The molecular formula is C22H24N6O2S. The van der Waals surface area contributed by atoms with E-state index in [-0.39, 0.29) is 22.3 Å². The molecule has 0 atom stereocenters. The van der Waals surface area contributed by atoms with Crippen molar-refractivity contribution >= 4 is 34.7 Å². The Morgan fingerprint density at radius 2 is 2.13 bits per heavy atom. The first-order valence-electron chi connectivity index (χ1n) is 10.1. The summed E-state index contributed by atoms with van der Waals surface area (Å²) in [5, 5.41) is 23.6. The van der Waals surface area contributed by atoms with Crippen molar-refractivity contribution in [2.45, 2.75) is 26.3 Å². The van der Waals surface area contributed by atoms with Gasteiger partial charge >= 0.3 is 0 Å². The van der Waals surface area contributed by atoms with Gasteiger partial charge in [0, 0.05) is 25.0 Å². The molecule has 3 rings (SSSR count). The molecule has 1 aromatic heterocycles. The van der Waals surface area contributed by atoms with E-state index in [1.54, 1.807) is 19.2 Å². The predicted octanol–water partition coefficient (Wildman–Crippen LogP) is 0.342. The molecule has 31 heavy (non-hydrogen) atoms. The zero-order valence-electron chi connectivity index (χ0n) is 17.4. The van der Waals surface area contributed by atoms with Gasteiger partial charge in [-0.15, -0.1) is 11.3 Å². The van der Waals surface area contributed by atoms with Crippen LogP contribution >= 0.6 is 11.3 Å². The molecule has 0 spiro atoms. The molecule has 2 N–H and O–H groups in total. The Labute approximate surface area is 184 Å². The van der Waals surface area contributed by atoms with Crippen molar-refractivity contribution in [3.63, 3.8) is 0 Å².